The molecule has 33 heavy (non-hydrogen) atoms. The summed E-state index contributed by atoms with van der Waals surface area (Å²) in [6.07, 6.45) is 0. The third kappa shape index (κ3) is 3.25. The third-order valence-corrected chi connectivity index (χ3v) is 6.35. The summed E-state index contributed by atoms with van der Waals surface area (Å²) < 4.78 is 16.8. The molecule has 0 fully saturated rings. The fourth-order valence-corrected chi connectivity index (χ4v) is 4.79. The highest BCUT2D eigenvalue weighted by Gasteiger charge is 2.43. The van der Waals surface area contributed by atoms with Crippen LogP contribution in [0.1, 0.15) is 33.3 Å². The lowest BCUT2D eigenvalue weighted by Crippen LogP contribution is -2.29. The van der Waals surface area contributed by atoms with E-state index in [2.05, 4.69) is 0 Å². The van der Waals surface area contributed by atoms with E-state index >= 15 is 0 Å². The molecule has 1 atom stereocenters. The number of halogens is 2. The Kier molecular flexibility index (Phi) is 4.60. The van der Waals surface area contributed by atoms with Crippen LogP contribution in [0.3, 0.4) is 0 Å². The number of hydrogen-bond donors (Lipinski definition) is 0. The van der Waals surface area contributed by atoms with Crippen LogP contribution in [0.5, 0.6) is 11.5 Å². The fraction of sp³-hybridized carbons (Fsp3) is 0.120. The van der Waals surface area contributed by atoms with Crippen LogP contribution in [0.25, 0.3) is 11.0 Å². The lowest BCUT2D eigenvalue weighted by Gasteiger charge is -2.25. The molecule has 0 saturated heterocycles. The first-order valence-electron chi connectivity index (χ1n) is 10.2. The molecule has 2 aliphatic rings. The minimum Gasteiger partial charge on any atom is -0.454 e. The summed E-state index contributed by atoms with van der Waals surface area (Å²) in [6, 6.07) is 16.7. The van der Waals surface area contributed by atoms with Crippen LogP contribution in [0.2, 0.25) is 10.0 Å². The van der Waals surface area contributed by atoms with E-state index in [0.29, 0.717) is 38.1 Å². The molecule has 164 valence electrons. The van der Waals surface area contributed by atoms with Gasteiger partial charge in [-0.05, 0) is 53.6 Å². The average molecular weight is 480 g/mol. The van der Waals surface area contributed by atoms with Crippen LogP contribution < -0.4 is 14.9 Å². The summed E-state index contributed by atoms with van der Waals surface area (Å²) >= 11 is 12.4. The molecule has 0 N–H and O–H groups in total. The summed E-state index contributed by atoms with van der Waals surface area (Å²) in [7, 11) is 0. The van der Waals surface area contributed by atoms with Gasteiger partial charge >= 0.3 is 0 Å². The second-order valence-electron chi connectivity index (χ2n) is 7.89. The van der Waals surface area contributed by atoms with E-state index in [4.69, 9.17) is 37.1 Å². The molecular weight excluding hydrogens is 465 g/mol. The van der Waals surface area contributed by atoms with Gasteiger partial charge in [0.2, 0.25) is 12.6 Å². The SMILES string of the molecule is O=C1c2oc3ccc(Cl)cc3c(=O)c2C(c2cccc(Cl)c2)N1Cc1ccc2c(c1)OCO2. The second-order valence-corrected chi connectivity index (χ2v) is 8.77. The largest absolute Gasteiger partial charge is 0.454 e. The molecule has 6 rings (SSSR count). The van der Waals surface area contributed by atoms with Crippen molar-refractivity contribution in [2.24, 2.45) is 0 Å². The molecule has 1 unspecified atom stereocenters. The number of nitrogens with zero attached hydrogens (tertiary/aromatic N) is 1. The van der Waals surface area contributed by atoms with Crippen molar-refractivity contribution in [2.45, 2.75) is 12.6 Å². The van der Waals surface area contributed by atoms with E-state index in [-0.39, 0.29) is 36.0 Å². The van der Waals surface area contributed by atoms with Gasteiger partial charge in [-0.2, -0.15) is 0 Å². The number of fused-ring (bicyclic) bond motifs is 3. The molecule has 0 aliphatic carbocycles. The van der Waals surface area contributed by atoms with Crippen LogP contribution in [0, 0.1) is 0 Å². The zero-order chi connectivity index (χ0) is 22.7. The lowest BCUT2D eigenvalue weighted by atomic mass is 9.98. The Morgan fingerprint density at radius 2 is 1.73 bits per heavy atom. The van der Waals surface area contributed by atoms with Crippen molar-refractivity contribution in [1.29, 1.82) is 0 Å². The Morgan fingerprint density at radius 3 is 2.58 bits per heavy atom. The Bertz CT molecular complexity index is 1510. The maximum absolute atomic E-state index is 13.6. The standard InChI is InChI=1S/C25H15Cl2NO5/c26-15-3-1-2-14(9-15)22-21-23(29)17-10-16(27)5-7-18(17)33-24(21)25(30)28(22)11-13-4-6-19-20(8-13)32-12-31-19/h1-10,22H,11-12H2. The van der Waals surface area contributed by atoms with Crippen LogP contribution in [0.4, 0.5) is 0 Å². The van der Waals surface area contributed by atoms with Gasteiger partial charge in [0.25, 0.3) is 5.91 Å². The third-order valence-electron chi connectivity index (χ3n) is 5.88. The number of ether oxygens (including phenoxy) is 2. The highest BCUT2D eigenvalue weighted by Crippen LogP contribution is 2.41. The summed E-state index contributed by atoms with van der Waals surface area (Å²) in [6.45, 7) is 0.388. The minimum absolute atomic E-state index is 0.0283. The summed E-state index contributed by atoms with van der Waals surface area (Å²) in [5, 5.41) is 1.24. The van der Waals surface area contributed by atoms with E-state index in [1.807, 2.05) is 18.2 Å². The van der Waals surface area contributed by atoms with Gasteiger partial charge in [0.15, 0.2) is 16.9 Å². The van der Waals surface area contributed by atoms with Crippen LogP contribution >= 0.6 is 23.2 Å². The average Bonchev–Trinajstić information content (AvgIpc) is 3.37. The van der Waals surface area contributed by atoms with Crippen molar-refractivity contribution < 1.29 is 18.7 Å². The predicted molar refractivity (Wildman–Crippen MR) is 123 cm³/mol. The first kappa shape index (κ1) is 20.1. The number of hydrogen-bond acceptors (Lipinski definition) is 5. The van der Waals surface area contributed by atoms with E-state index in [9.17, 15) is 9.59 Å². The molecule has 4 aromatic rings. The summed E-state index contributed by atoms with van der Waals surface area (Å²) in [4.78, 5) is 28.7. The molecule has 0 bridgehead atoms. The molecule has 6 nitrogen and oxygen atoms in total. The molecule has 3 aromatic carbocycles. The maximum Gasteiger partial charge on any atom is 0.291 e. The van der Waals surface area contributed by atoms with Crippen LogP contribution in [-0.4, -0.2) is 17.6 Å². The zero-order valence-corrected chi connectivity index (χ0v) is 18.5. The van der Waals surface area contributed by atoms with Crippen LogP contribution in [0.15, 0.2) is 69.9 Å². The minimum atomic E-state index is -0.670. The first-order valence-corrected chi connectivity index (χ1v) is 11.0. The summed E-state index contributed by atoms with van der Waals surface area (Å²) in [5.41, 5.74) is 1.83. The second kappa shape index (κ2) is 7.54. The molecular formula is C25H15Cl2NO5. The number of carbonyl (C=O) groups excluding carboxylic acids is 1. The zero-order valence-electron chi connectivity index (χ0n) is 17.0. The number of carbonyl (C=O) groups is 1. The van der Waals surface area contributed by atoms with Gasteiger partial charge in [-0.3, -0.25) is 9.59 Å². The molecule has 8 heteroatoms. The van der Waals surface area contributed by atoms with Crippen LogP contribution in [-0.2, 0) is 6.54 Å². The normalized spacial score (nSPS) is 16.5. The highest BCUT2D eigenvalue weighted by atomic mass is 35.5. The Morgan fingerprint density at radius 1 is 0.909 bits per heavy atom. The first-order chi connectivity index (χ1) is 16.0. The Balaban J connectivity index is 1.53. The molecule has 1 aromatic heterocycles. The molecule has 0 spiro atoms. The number of rotatable bonds is 3. The molecule has 0 radical (unpaired) electrons. The number of amides is 1. The van der Waals surface area contributed by atoms with Gasteiger partial charge in [-0.1, -0.05) is 41.4 Å². The molecule has 2 aliphatic heterocycles. The Hall–Kier alpha value is -3.48. The smallest absolute Gasteiger partial charge is 0.291 e. The Labute approximate surface area is 197 Å². The van der Waals surface area contributed by atoms with Gasteiger partial charge in [-0.25, -0.2) is 0 Å². The van der Waals surface area contributed by atoms with Crippen molar-refractivity contribution in [1.82, 2.24) is 4.90 Å². The van der Waals surface area contributed by atoms with Gasteiger partial charge in [0.1, 0.15) is 5.58 Å². The van der Waals surface area contributed by atoms with E-state index in [1.54, 1.807) is 47.4 Å². The highest BCUT2D eigenvalue weighted by molar-refractivity contribution is 6.31. The molecule has 3 heterocycles. The fourth-order valence-electron chi connectivity index (χ4n) is 4.41. The van der Waals surface area contributed by atoms with E-state index < -0.39 is 6.04 Å². The van der Waals surface area contributed by atoms with Crippen molar-refractivity contribution in [3.63, 3.8) is 0 Å². The predicted octanol–water partition coefficient (Wildman–Crippen LogP) is 5.57. The van der Waals surface area contributed by atoms with Gasteiger partial charge in [0, 0.05) is 16.6 Å². The summed E-state index contributed by atoms with van der Waals surface area (Å²) in [5.74, 6) is 0.925. The van der Waals surface area contributed by atoms with Gasteiger partial charge in [0.05, 0.1) is 17.0 Å². The maximum atomic E-state index is 13.6. The van der Waals surface area contributed by atoms with Crippen molar-refractivity contribution in [2.75, 3.05) is 6.79 Å². The topological polar surface area (TPSA) is 69.0 Å². The quantitative estimate of drug-likeness (QED) is 0.383. The molecule has 0 saturated carbocycles. The monoisotopic (exact) mass is 479 g/mol. The lowest BCUT2D eigenvalue weighted by molar-refractivity contribution is 0.0714. The van der Waals surface area contributed by atoms with Crippen molar-refractivity contribution in [3.05, 3.63) is 103 Å². The van der Waals surface area contributed by atoms with Gasteiger partial charge in [-0.15, -0.1) is 0 Å². The van der Waals surface area contributed by atoms with Crippen molar-refractivity contribution in [3.8, 4) is 11.5 Å². The van der Waals surface area contributed by atoms with E-state index in [0.717, 1.165) is 5.56 Å². The van der Waals surface area contributed by atoms with E-state index in [1.165, 1.54) is 0 Å². The van der Waals surface area contributed by atoms with Gasteiger partial charge < -0.3 is 18.8 Å². The molecule has 1 amide bonds. The number of benzene rings is 3. The van der Waals surface area contributed by atoms with Crippen molar-refractivity contribution >= 4 is 40.1 Å².